The van der Waals surface area contributed by atoms with Crippen LogP contribution in [0.4, 0.5) is 4.39 Å². The van der Waals surface area contributed by atoms with Crippen LogP contribution in [0.5, 0.6) is 0 Å². The first-order valence-corrected chi connectivity index (χ1v) is 7.98. The highest BCUT2D eigenvalue weighted by Crippen LogP contribution is 2.21. The molecule has 1 aliphatic heterocycles. The van der Waals surface area contributed by atoms with Gasteiger partial charge in [0.2, 0.25) is 10.0 Å². The van der Waals surface area contributed by atoms with Gasteiger partial charge in [0.05, 0.1) is 0 Å². The zero-order valence-corrected chi connectivity index (χ0v) is 12.0. The fraction of sp³-hybridized carbons (Fsp3) is 0.462. The molecule has 0 aliphatic carbocycles. The summed E-state index contributed by atoms with van der Waals surface area (Å²) in [5.41, 5.74) is 0.143. The van der Waals surface area contributed by atoms with Crippen LogP contribution in [-0.2, 0) is 10.0 Å². The van der Waals surface area contributed by atoms with Crippen LogP contribution in [0.1, 0.15) is 36.5 Å². The Kier molecular flexibility index (Phi) is 4.10. The van der Waals surface area contributed by atoms with Gasteiger partial charge in [0, 0.05) is 18.2 Å². The number of hydrogen-bond acceptors (Lipinski definition) is 3. The van der Waals surface area contributed by atoms with Crippen molar-refractivity contribution in [2.45, 2.75) is 37.1 Å². The normalized spacial score (nSPS) is 19.9. The number of halogens is 1. The Labute approximate surface area is 117 Å². The number of sulfonamides is 1. The van der Waals surface area contributed by atoms with Crippen LogP contribution in [0, 0.1) is 5.82 Å². The molecular weight excluding hydrogens is 283 g/mol. The smallest absolute Gasteiger partial charge is 0.254 e. The number of carbonyl (C=O) groups excluding carboxylic acids is 1. The standard InChI is InChI=1S/C13H17FN2O3S/c1-9-4-2-3-7-16(9)13(17)10-5-6-11(14)12(8-10)20(15,18)19/h5-6,8-9H,2-4,7H2,1H3,(H2,15,18,19)/t9-/m0/s1. The number of likely N-dealkylation sites (tertiary alicyclic amines) is 1. The first-order chi connectivity index (χ1) is 9.30. The van der Waals surface area contributed by atoms with Crippen molar-refractivity contribution in [1.29, 1.82) is 0 Å². The summed E-state index contributed by atoms with van der Waals surface area (Å²) in [5.74, 6) is -1.24. The van der Waals surface area contributed by atoms with Gasteiger partial charge in [0.1, 0.15) is 10.7 Å². The van der Waals surface area contributed by atoms with Crippen molar-refractivity contribution >= 4 is 15.9 Å². The summed E-state index contributed by atoms with van der Waals surface area (Å²) in [7, 11) is -4.18. The van der Waals surface area contributed by atoms with Gasteiger partial charge in [-0.15, -0.1) is 0 Å². The van der Waals surface area contributed by atoms with E-state index in [1.165, 1.54) is 6.07 Å². The van der Waals surface area contributed by atoms with E-state index in [2.05, 4.69) is 0 Å². The molecule has 2 N–H and O–H groups in total. The molecule has 1 aromatic rings. The molecule has 5 nitrogen and oxygen atoms in total. The molecule has 1 amide bonds. The van der Waals surface area contributed by atoms with Gasteiger partial charge in [-0.05, 0) is 44.4 Å². The lowest BCUT2D eigenvalue weighted by atomic mass is 10.0. The molecule has 7 heteroatoms. The van der Waals surface area contributed by atoms with Gasteiger partial charge in [0.25, 0.3) is 5.91 Å². The molecule has 0 unspecified atom stereocenters. The van der Waals surface area contributed by atoms with Crippen molar-refractivity contribution in [2.24, 2.45) is 5.14 Å². The highest BCUT2D eigenvalue weighted by atomic mass is 32.2. The minimum Gasteiger partial charge on any atom is -0.336 e. The summed E-state index contributed by atoms with van der Waals surface area (Å²) >= 11 is 0. The van der Waals surface area contributed by atoms with Crippen LogP contribution >= 0.6 is 0 Å². The number of nitrogens with two attached hydrogens (primary N) is 1. The van der Waals surface area contributed by atoms with Crippen molar-refractivity contribution in [3.8, 4) is 0 Å². The Bertz CT molecular complexity index is 631. The third kappa shape index (κ3) is 2.99. The van der Waals surface area contributed by atoms with E-state index < -0.39 is 20.7 Å². The van der Waals surface area contributed by atoms with Crippen LogP contribution in [0.15, 0.2) is 23.1 Å². The summed E-state index contributed by atoms with van der Waals surface area (Å²) in [6, 6.07) is 3.35. The fourth-order valence-electron chi connectivity index (χ4n) is 2.42. The molecule has 110 valence electrons. The fourth-order valence-corrected chi connectivity index (χ4v) is 3.05. The number of piperidine rings is 1. The highest BCUT2D eigenvalue weighted by Gasteiger charge is 2.25. The van der Waals surface area contributed by atoms with Gasteiger partial charge in [-0.3, -0.25) is 4.79 Å². The first-order valence-electron chi connectivity index (χ1n) is 6.44. The Morgan fingerprint density at radius 3 is 2.70 bits per heavy atom. The first kappa shape index (κ1) is 14.9. The molecule has 20 heavy (non-hydrogen) atoms. The molecule has 1 heterocycles. The number of rotatable bonds is 2. The lowest BCUT2D eigenvalue weighted by Gasteiger charge is -2.33. The van der Waals surface area contributed by atoms with Gasteiger partial charge < -0.3 is 4.90 Å². The lowest BCUT2D eigenvalue weighted by Crippen LogP contribution is -2.42. The molecule has 0 aromatic heterocycles. The van der Waals surface area contributed by atoms with E-state index in [0.717, 1.165) is 31.4 Å². The third-order valence-electron chi connectivity index (χ3n) is 3.55. The minimum atomic E-state index is -4.18. The van der Waals surface area contributed by atoms with Crippen molar-refractivity contribution in [3.63, 3.8) is 0 Å². The molecule has 0 saturated carbocycles. The number of primary sulfonamides is 1. The Balaban J connectivity index is 2.36. The predicted octanol–water partition coefficient (Wildman–Crippen LogP) is 1.49. The number of carbonyl (C=O) groups is 1. The van der Waals surface area contributed by atoms with Crippen LogP contribution in [0.25, 0.3) is 0 Å². The average molecular weight is 300 g/mol. The van der Waals surface area contributed by atoms with E-state index >= 15 is 0 Å². The maximum absolute atomic E-state index is 13.5. The summed E-state index contributed by atoms with van der Waals surface area (Å²) in [5, 5.41) is 4.94. The number of hydrogen-bond donors (Lipinski definition) is 1. The van der Waals surface area contributed by atoms with E-state index in [4.69, 9.17) is 5.14 Å². The van der Waals surface area contributed by atoms with Crippen LogP contribution in [0.2, 0.25) is 0 Å². The topological polar surface area (TPSA) is 80.5 Å². The summed E-state index contributed by atoms with van der Waals surface area (Å²) in [6.45, 7) is 2.57. The molecule has 0 radical (unpaired) electrons. The number of amides is 1. The molecule has 1 fully saturated rings. The van der Waals surface area contributed by atoms with Crippen molar-refractivity contribution in [2.75, 3.05) is 6.54 Å². The second-order valence-corrected chi connectivity index (χ2v) is 6.56. The summed E-state index contributed by atoms with van der Waals surface area (Å²) < 4.78 is 36.0. The highest BCUT2D eigenvalue weighted by molar-refractivity contribution is 7.89. The van der Waals surface area contributed by atoms with Gasteiger partial charge in [-0.2, -0.15) is 0 Å². The monoisotopic (exact) mass is 300 g/mol. The van der Waals surface area contributed by atoms with Crippen molar-refractivity contribution < 1.29 is 17.6 Å². The van der Waals surface area contributed by atoms with Crippen LogP contribution in [0.3, 0.4) is 0 Å². The summed E-state index contributed by atoms with van der Waals surface area (Å²) in [6.07, 6.45) is 2.89. The zero-order chi connectivity index (χ0) is 14.9. The average Bonchev–Trinajstić information content (AvgIpc) is 2.37. The molecule has 1 saturated heterocycles. The van der Waals surface area contributed by atoms with Gasteiger partial charge in [0.15, 0.2) is 0 Å². The quantitative estimate of drug-likeness (QED) is 0.898. The lowest BCUT2D eigenvalue weighted by molar-refractivity contribution is 0.0635. The molecular formula is C13H17FN2O3S. The summed E-state index contributed by atoms with van der Waals surface area (Å²) in [4.78, 5) is 13.4. The van der Waals surface area contributed by atoms with Crippen molar-refractivity contribution in [3.05, 3.63) is 29.6 Å². The van der Waals surface area contributed by atoms with Gasteiger partial charge in [-0.1, -0.05) is 0 Å². The van der Waals surface area contributed by atoms with E-state index in [1.54, 1.807) is 4.90 Å². The van der Waals surface area contributed by atoms with E-state index in [9.17, 15) is 17.6 Å². The van der Waals surface area contributed by atoms with Crippen molar-refractivity contribution in [1.82, 2.24) is 4.90 Å². The maximum Gasteiger partial charge on any atom is 0.254 e. The number of benzene rings is 1. The van der Waals surface area contributed by atoms with E-state index in [-0.39, 0.29) is 17.5 Å². The van der Waals surface area contributed by atoms with E-state index in [1.807, 2.05) is 6.92 Å². The van der Waals surface area contributed by atoms with E-state index in [0.29, 0.717) is 6.54 Å². The zero-order valence-electron chi connectivity index (χ0n) is 11.2. The third-order valence-corrected chi connectivity index (χ3v) is 4.47. The molecule has 1 aromatic carbocycles. The largest absolute Gasteiger partial charge is 0.336 e. The Morgan fingerprint density at radius 2 is 2.10 bits per heavy atom. The van der Waals surface area contributed by atoms with Crippen LogP contribution in [-0.4, -0.2) is 31.8 Å². The second-order valence-electron chi connectivity index (χ2n) is 5.03. The molecule has 1 aliphatic rings. The Hall–Kier alpha value is -1.47. The van der Waals surface area contributed by atoms with Gasteiger partial charge >= 0.3 is 0 Å². The maximum atomic E-state index is 13.5. The Morgan fingerprint density at radius 1 is 1.40 bits per heavy atom. The second kappa shape index (κ2) is 5.49. The predicted molar refractivity (Wildman–Crippen MR) is 72.1 cm³/mol. The number of nitrogens with zero attached hydrogens (tertiary/aromatic N) is 1. The molecule has 1 atom stereocenters. The SMILES string of the molecule is C[C@H]1CCCCN1C(=O)c1ccc(F)c(S(N)(=O)=O)c1. The van der Waals surface area contributed by atoms with Crippen LogP contribution < -0.4 is 5.14 Å². The minimum absolute atomic E-state index is 0.0965. The molecule has 2 rings (SSSR count). The van der Waals surface area contributed by atoms with Gasteiger partial charge in [-0.25, -0.2) is 17.9 Å². The molecule has 0 spiro atoms. The molecule has 0 bridgehead atoms.